The summed E-state index contributed by atoms with van der Waals surface area (Å²) in [5, 5.41) is 7.10. The van der Waals surface area contributed by atoms with Gasteiger partial charge in [0.05, 0.1) is 37.7 Å². The van der Waals surface area contributed by atoms with Crippen molar-refractivity contribution in [3.63, 3.8) is 0 Å². The maximum absolute atomic E-state index is 12.3. The van der Waals surface area contributed by atoms with E-state index in [9.17, 15) is 4.79 Å². The summed E-state index contributed by atoms with van der Waals surface area (Å²) in [5.41, 5.74) is 2.33. The van der Waals surface area contributed by atoms with Crippen LogP contribution in [0.4, 0.5) is 0 Å². The molecule has 0 unspecified atom stereocenters. The first-order valence-electron chi connectivity index (χ1n) is 6.55. The Morgan fingerprint density at radius 1 is 1.29 bits per heavy atom. The highest BCUT2D eigenvalue weighted by molar-refractivity contribution is 5.97. The van der Waals surface area contributed by atoms with Crippen LogP contribution in [0.5, 0.6) is 11.5 Å². The van der Waals surface area contributed by atoms with Crippen LogP contribution in [0.2, 0.25) is 0 Å². The molecule has 1 amide bonds. The first kappa shape index (κ1) is 14.9. The van der Waals surface area contributed by atoms with Gasteiger partial charge in [-0.3, -0.25) is 9.48 Å². The molecule has 21 heavy (non-hydrogen) atoms. The van der Waals surface area contributed by atoms with Crippen molar-refractivity contribution in [2.75, 3.05) is 14.2 Å². The minimum Gasteiger partial charge on any atom is -0.497 e. The van der Waals surface area contributed by atoms with Gasteiger partial charge in [0, 0.05) is 13.1 Å². The fraction of sp³-hybridized carbons (Fsp3) is 0.333. The first-order valence-corrected chi connectivity index (χ1v) is 6.55. The van der Waals surface area contributed by atoms with E-state index in [-0.39, 0.29) is 5.91 Å². The third-order valence-corrected chi connectivity index (χ3v) is 3.18. The number of hydrogen-bond acceptors (Lipinski definition) is 4. The van der Waals surface area contributed by atoms with Crippen LogP contribution in [0.25, 0.3) is 0 Å². The molecule has 0 bridgehead atoms. The van der Waals surface area contributed by atoms with E-state index in [1.54, 1.807) is 30.0 Å². The lowest BCUT2D eigenvalue weighted by atomic mass is 10.1. The standard InChI is InChI=1S/C15H19N3O3/c1-10-7-11(18(2)17-10)9-16-15(19)13-6-5-12(20-3)8-14(13)21-4/h5-8H,9H2,1-4H3,(H,16,19). The Bertz CT molecular complexity index is 650. The van der Waals surface area contributed by atoms with Gasteiger partial charge in [-0.15, -0.1) is 0 Å². The van der Waals surface area contributed by atoms with Crippen molar-refractivity contribution < 1.29 is 14.3 Å². The summed E-state index contributed by atoms with van der Waals surface area (Å²) in [6.45, 7) is 2.32. The molecule has 0 saturated heterocycles. The number of amides is 1. The molecule has 1 N–H and O–H groups in total. The smallest absolute Gasteiger partial charge is 0.255 e. The second-order valence-corrected chi connectivity index (χ2v) is 4.65. The molecule has 112 valence electrons. The predicted molar refractivity (Wildman–Crippen MR) is 78.7 cm³/mol. The van der Waals surface area contributed by atoms with Gasteiger partial charge >= 0.3 is 0 Å². The van der Waals surface area contributed by atoms with E-state index in [0.29, 0.717) is 23.6 Å². The maximum atomic E-state index is 12.3. The van der Waals surface area contributed by atoms with Gasteiger partial charge < -0.3 is 14.8 Å². The fourth-order valence-electron chi connectivity index (χ4n) is 2.08. The Labute approximate surface area is 123 Å². The molecule has 2 aromatic rings. The molecule has 6 heteroatoms. The van der Waals surface area contributed by atoms with Crippen molar-refractivity contribution in [1.82, 2.24) is 15.1 Å². The highest BCUT2D eigenvalue weighted by Crippen LogP contribution is 2.24. The van der Waals surface area contributed by atoms with Crippen LogP contribution in [0.3, 0.4) is 0 Å². The topological polar surface area (TPSA) is 65.4 Å². The van der Waals surface area contributed by atoms with Crippen LogP contribution in [0.15, 0.2) is 24.3 Å². The number of hydrogen-bond donors (Lipinski definition) is 1. The second kappa shape index (κ2) is 6.30. The molecule has 0 aliphatic carbocycles. The molecule has 1 aromatic heterocycles. The van der Waals surface area contributed by atoms with E-state index in [2.05, 4.69) is 10.4 Å². The van der Waals surface area contributed by atoms with Crippen LogP contribution in [-0.2, 0) is 13.6 Å². The van der Waals surface area contributed by atoms with Gasteiger partial charge in [0.2, 0.25) is 0 Å². The van der Waals surface area contributed by atoms with Crippen molar-refractivity contribution in [3.8, 4) is 11.5 Å². The summed E-state index contributed by atoms with van der Waals surface area (Å²) in [6, 6.07) is 7.03. The van der Waals surface area contributed by atoms with Crippen molar-refractivity contribution in [1.29, 1.82) is 0 Å². The Morgan fingerprint density at radius 2 is 2.05 bits per heavy atom. The molecule has 1 heterocycles. The predicted octanol–water partition coefficient (Wildman–Crippen LogP) is 1.68. The molecule has 0 aliphatic rings. The second-order valence-electron chi connectivity index (χ2n) is 4.65. The van der Waals surface area contributed by atoms with Gasteiger partial charge in [-0.05, 0) is 25.1 Å². The maximum Gasteiger partial charge on any atom is 0.255 e. The number of ether oxygens (including phenoxy) is 2. The summed E-state index contributed by atoms with van der Waals surface area (Å²) < 4.78 is 12.1. The molecule has 1 aromatic carbocycles. The quantitative estimate of drug-likeness (QED) is 0.909. The monoisotopic (exact) mass is 289 g/mol. The number of rotatable bonds is 5. The van der Waals surface area contributed by atoms with Crippen LogP contribution in [-0.4, -0.2) is 29.9 Å². The van der Waals surface area contributed by atoms with Crippen LogP contribution in [0, 0.1) is 6.92 Å². The number of carbonyl (C=O) groups excluding carboxylic acids is 1. The number of aryl methyl sites for hydroxylation is 2. The molecule has 0 fully saturated rings. The van der Waals surface area contributed by atoms with Gasteiger partial charge in [0.25, 0.3) is 5.91 Å². The lowest BCUT2D eigenvalue weighted by Crippen LogP contribution is -2.24. The number of nitrogens with zero attached hydrogens (tertiary/aromatic N) is 2. The normalized spacial score (nSPS) is 10.3. The van der Waals surface area contributed by atoms with Crippen molar-refractivity contribution in [2.45, 2.75) is 13.5 Å². The average Bonchev–Trinajstić information content (AvgIpc) is 2.81. The van der Waals surface area contributed by atoms with Crippen LogP contribution in [0.1, 0.15) is 21.7 Å². The third kappa shape index (κ3) is 3.34. The Morgan fingerprint density at radius 3 is 2.62 bits per heavy atom. The van der Waals surface area contributed by atoms with Gasteiger partial charge in [0.15, 0.2) is 0 Å². The fourth-order valence-corrected chi connectivity index (χ4v) is 2.08. The zero-order valence-electron chi connectivity index (χ0n) is 12.6. The van der Waals surface area contributed by atoms with Crippen molar-refractivity contribution in [2.24, 2.45) is 7.05 Å². The Balaban J connectivity index is 2.11. The molecular weight excluding hydrogens is 270 g/mol. The molecule has 0 radical (unpaired) electrons. The minimum atomic E-state index is -0.201. The lowest BCUT2D eigenvalue weighted by molar-refractivity contribution is 0.0947. The lowest BCUT2D eigenvalue weighted by Gasteiger charge is -2.11. The number of nitrogens with one attached hydrogen (secondary N) is 1. The van der Waals surface area contributed by atoms with Crippen molar-refractivity contribution in [3.05, 3.63) is 41.2 Å². The third-order valence-electron chi connectivity index (χ3n) is 3.18. The molecule has 0 spiro atoms. The van der Waals surface area contributed by atoms with Gasteiger partial charge in [0.1, 0.15) is 11.5 Å². The Kier molecular flexibility index (Phi) is 4.47. The summed E-state index contributed by atoms with van der Waals surface area (Å²) in [5.74, 6) is 0.923. The molecular formula is C15H19N3O3. The van der Waals surface area contributed by atoms with E-state index in [1.165, 1.54) is 7.11 Å². The number of aromatic nitrogens is 2. The summed E-state index contributed by atoms with van der Waals surface area (Å²) in [7, 11) is 4.94. The van der Waals surface area contributed by atoms with Crippen molar-refractivity contribution >= 4 is 5.91 Å². The van der Waals surface area contributed by atoms with E-state index in [1.807, 2.05) is 20.0 Å². The number of benzene rings is 1. The van der Waals surface area contributed by atoms with E-state index in [4.69, 9.17) is 9.47 Å². The molecule has 2 rings (SSSR count). The summed E-state index contributed by atoms with van der Waals surface area (Å²) in [6.07, 6.45) is 0. The highest BCUT2D eigenvalue weighted by Gasteiger charge is 2.13. The van der Waals surface area contributed by atoms with Gasteiger partial charge in [-0.2, -0.15) is 5.10 Å². The number of methoxy groups -OCH3 is 2. The SMILES string of the molecule is COc1ccc(C(=O)NCc2cc(C)nn2C)c(OC)c1. The summed E-state index contributed by atoms with van der Waals surface area (Å²) >= 11 is 0. The average molecular weight is 289 g/mol. The molecule has 0 aliphatic heterocycles. The van der Waals surface area contributed by atoms with Gasteiger partial charge in [-0.1, -0.05) is 0 Å². The zero-order valence-corrected chi connectivity index (χ0v) is 12.6. The van der Waals surface area contributed by atoms with E-state index in [0.717, 1.165) is 11.4 Å². The first-order chi connectivity index (χ1) is 10.0. The van der Waals surface area contributed by atoms with Gasteiger partial charge in [-0.25, -0.2) is 0 Å². The summed E-state index contributed by atoms with van der Waals surface area (Å²) in [4.78, 5) is 12.3. The zero-order chi connectivity index (χ0) is 15.4. The highest BCUT2D eigenvalue weighted by atomic mass is 16.5. The molecule has 0 saturated carbocycles. The Hall–Kier alpha value is -2.50. The minimum absolute atomic E-state index is 0.201. The van der Waals surface area contributed by atoms with Crippen LogP contribution < -0.4 is 14.8 Å². The molecule has 6 nitrogen and oxygen atoms in total. The van der Waals surface area contributed by atoms with E-state index < -0.39 is 0 Å². The largest absolute Gasteiger partial charge is 0.497 e. The molecule has 0 atom stereocenters. The number of carbonyl (C=O) groups is 1. The van der Waals surface area contributed by atoms with Crippen LogP contribution >= 0.6 is 0 Å². The van der Waals surface area contributed by atoms with E-state index >= 15 is 0 Å².